The second kappa shape index (κ2) is 15.8. The van der Waals surface area contributed by atoms with Crippen LogP contribution in [0.3, 0.4) is 0 Å². The van der Waals surface area contributed by atoms with Crippen LogP contribution in [0, 0.1) is 5.82 Å². The molecule has 58 heavy (non-hydrogen) atoms. The van der Waals surface area contributed by atoms with E-state index in [2.05, 4.69) is 108 Å². The van der Waals surface area contributed by atoms with Crippen LogP contribution < -0.4 is 0 Å². The Hall–Kier alpha value is -7.76. The van der Waals surface area contributed by atoms with Gasteiger partial charge in [0.25, 0.3) is 0 Å². The largest absolute Gasteiger partial charge is 0.477 e. The summed E-state index contributed by atoms with van der Waals surface area (Å²) < 4.78 is 14.0. The molecule has 0 aliphatic rings. The fourth-order valence-electron chi connectivity index (χ4n) is 7.53. The zero-order chi connectivity index (χ0) is 39.4. The predicted octanol–water partition coefficient (Wildman–Crippen LogP) is 13.6. The number of aromatic nitrogens is 2. The van der Waals surface area contributed by atoms with Crippen molar-refractivity contribution in [1.29, 1.82) is 0 Å². The number of nitrogens with zero attached hydrogens (tertiary/aromatic N) is 2. The monoisotopic (exact) mass is 750 g/mol. The number of rotatable bonds is 9. The molecule has 7 aromatic carbocycles. The smallest absolute Gasteiger partial charge is 0.354 e. The SMILES string of the molecule is O=C(O)c1ccc(-c2ccccc2-c2cc(-c3ccccc3)cc(-c3ccccc3-c3cnc(-c4ccc(F)cc4)cc3-c3ccc(-c4ccccc4)cc3)c2)cn1. The Morgan fingerprint density at radius 2 is 0.828 bits per heavy atom. The van der Waals surface area contributed by atoms with Gasteiger partial charge in [0.15, 0.2) is 0 Å². The van der Waals surface area contributed by atoms with E-state index in [-0.39, 0.29) is 11.5 Å². The lowest BCUT2D eigenvalue weighted by Crippen LogP contribution is -1.99. The quantitative estimate of drug-likeness (QED) is 0.160. The van der Waals surface area contributed by atoms with Crippen molar-refractivity contribution >= 4 is 5.97 Å². The molecule has 0 bridgehead atoms. The van der Waals surface area contributed by atoms with E-state index in [4.69, 9.17) is 4.98 Å². The molecule has 4 nitrogen and oxygen atoms in total. The summed E-state index contributed by atoms with van der Waals surface area (Å²) >= 11 is 0. The molecule has 0 spiro atoms. The predicted molar refractivity (Wildman–Crippen MR) is 232 cm³/mol. The molecule has 9 rings (SSSR count). The summed E-state index contributed by atoms with van der Waals surface area (Å²) in [6.07, 6.45) is 3.55. The summed E-state index contributed by atoms with van der Waals surface area (Å²) in [5.41, 5.74) is 15.8. The molecular formula is C53H35FN2O2. The molecule has 0 aliphatic heterocycles. The van der Waals surface area contributed by atoms with Crippen LogP contribution in [0.2, 0.25) is 0 Å². The summed E-state index contributed by atoms with van der Waals surface area (Å²) in [4.78, 5) is 20.8. The molecule has 2 aromatic heterocycles. The van der Waals surface area contributed by atoms with Gasteiger partial charge in [0.2, 0.25) is 0 Å². The van der Waals surface area contributed by atoms with Gasteiger partial charge in [-0.1, -0.05) is 140 Å². The standard InChI is InChI=1S/C53H35FN2O2/c54-44-26-23-39(24-27-44)52-32-49(38-21-19-37(20-22-38)35-11-3-1-4-12-35)50(34-56-52)48-18-10-9-17-47(48)43-30-41(36-13-5-2-6-14-36)29-42(31-43)46-16-8-7-15-45(46)40-25-28-51(53(57)58)55-33-40/h1-34H,(H,57,58). The van der Waals surface area contributed by atoms with Crippen LogP contribution in [-0.4, -0.2) is 21.0 Å². The van der Waals surface area contributed by atoms with Crippen LogP contribution in [0.25, 0.3) is 89.1 Å². The average molecular weight is 751 g/mol. The van der Waals surface area contributed by atoms with E-state index in [0.29, 0.717) is 0 Å². The lowest BCUT2D eigenvalue weighted by molar-refractivity contribution is 0.0690. The normalized spacial score (nSPS) is 11.0. The summed E-state index contributed by atoms with van der Waals surface area (Å²) in [7, 11) is 0. The number of benzene rings is 7. The van der Waals surface area contributed by atoms with E-state index in [1.807, 2.05) is 66.9 Å². The van der Waals surface area contributed by atoms with Gasteiger partial charge in [0.1, 0.15) is 11.5 Å². The summed E-state index contributed by atoms with van der Waals surface area (Å²) in [5, 5.41) is 9.49. The molecule has 0 saturated carbocycles. The topological polar surface area (TPSA) is 63.1 Å². The highest BCUT2D eigenvalue weighted by molar-refractivity contribution is 5.96. The van der Waals surface area contributed by atoms with Gasteiger partial charge in [-0.15, -0.1) is 0 Å². The van der Waals surface area contributed by atoms with Crippen molar-refractivity contribution < 1.29 is 14.3 Å². The van der Waals surface area contributed by atoms with Gasteiger partial charge in [0.05, 0.1) is 5.69 Å². The van der Waals surface area contributed by atoms with Gasteiger partial charge < -0.3 is 5.11 Å². The Morgan fingerprint density at radius 1 is 0.362 bits per heavy atom. The first-order chi connectivity index (χ1) is 28.5. The molecule has 0 fully saturated rings. The Balaban J connectivity index is 1.22. The molecule has 1 N–H and O–H groups in total. The Kier molecular flexibility index (Phi) is 9.76. The number of hydrogen-bond donors (Lipinski definition) is 1. The highest BCUT2D eigenvalue weighted by Gasteiger charge is 2.18. The lowest BCUT2D eigenvalue weighted by atomic mass is 9.86. The van der Waals surface area contributed by atoms with Crippen LogP contribution >= 0.6 is 0 Å². The van der Waals surface area contributed by atoms with Gasteiger partial charge in [0, 0.05) is 29.1 Å². The Morgan fingerprint density at radius 3 is 1.41 bits per heavy atom. The van der Waals surface area contributed by atoms with Crippen LogP contribution in [-0.2, 0) is 0 Å². The molecule has 0 amide bonds. The van der Waals surface area contributed by atoms with Crippen molar-refractivity contribution in [3.63, 3.8) is 0 Å². The fourth-order valence-corrected chi connectivity index (χ4v) is 7.53. The second-order valence-electron chi connectivity index (χ2n) is 14.1. The molecule has 0 saturated heterocycles. The maximum Gasteiger partial charge on any atom is 0.354 e. The molecule has 0 unspecified atom stereocenters. The number of carbonyl (C=O) groups is 1. The van der Waals surface area contributed by atoms with Crippen LogP contribution in [0.1, 0.15) is 10.5 Å². The Labute approximate surface area is 336 Å². The van der Waals surface area contributed by atoms with E-state index in [9.17, 15) is 14.3 Å². The fraction of sp³-hybridized carbons (Fsp3) is 0. The van der Waals surface area contributed by atoms with Gasteiger partial charge >= 0.3 is 5.97 Å². The molecule has 0 radical (unpaired) electrons. The molecule has 9 aromatic rings. The number of pyridine rings is 2. The van der Waals surface area contributed by atoms with E-state index in [1.165, 1.54) is 12.1 Å². The van der Waals surface area contributed by atoms with Gasteiger partial charge in [-0.3, -0.25) is 4.98 Å². The van der Waals surface area contributed by atoms with E-state index < -0.39 is 5.97 Å². The number of aromatic carboxylic acids is 1. The third-order valence-electron chi connectivity index (χ3n) is 10.4. The van der Waals surface area contributed by atoms with Gasteiger partial charge in [-0.2, -0.15) is 0 Å². The summed E-state index contributed by atoms with van der Waals surface area (Å²) in [5.74, 6) is -1.36. The first-order valence-electron chi connectivity index (χ1n) is 19.0. The van der Waals surface area contributed by atoms with Crippen LogP contribution in [0.5, 0.6) is 0 Å². The van der Waals surface area contributed by atoms with Crippen molar-refractivity contribution in [2.75, 3.05) is 0 Å². The van der Waals surface area contributed by atoms with Crippen LogP contribution in [0.4, 0.5) is 4.39 Å². The third kappa shape index (κ3) is 7.32. The highest BCUT2D eigenvalue weighted by atomic mass is 19.1. The molecular weight excluding hydrogens is 716 g/mol. The van der Waals surface area contributed by atoms with Crippen molar-refractivity contribution in [3.8, 4) is 89.1 Å². The summed E-state index contributed by atoms with van der Waals surface area (Å²) in [6, 6.07) is 64.4. The second-order valence-corrected chi connectivity index (χ2v) is 14.1. The highest BCUT2D eigenvalue weighted by Crippen LogP contribution is 2.43. The Bertz CT molecular complexity index is 2890. The average Bonchev–Trinajstić information content (AvgIpc) is 3.29. The van der Waals surface area contributed by atoms with Crippen molar-refractivity contribution in [3.05, 3.63) is 218 Å². The number of hydrogen-bond acceptors (Lipinski definition) is 3. The first kappa shape index (κ1) is 35.9. The van der Waals surface area contributed by atoms with E-state index >= 15 is 0 Å². The van der Waals surface area contributed by atoms with Crippen molar-refractivity contribution in [2.45, 2.75) is 0 Å². The molecule has 0 atom stereocenters. The maximum absolute atomic E-state index is 14.0. The van der Waals surface area contributed by atoms with Gasteiger partial charge in [-0.25, -0.2) is 14.2 Å². The maximum atomic E-state index is 14.0. The number of carboxylic acid groups (broad SMARTS) is 1. The lowest BCUT2D eigenvalue weighted by Gasteiger charge is -2.18. The zero-order valence-electron chi connectivity index (χ0n) is 31.3. The molecule has 2 heterocycles. The van der Waals surface area contributed by atoms with Crippen molar-refractivity contribution in [2.24, 2.45) is 0 Å². The minimum atomic E-state index is -1.06. The summed E-state index contributed by atoms with van der Waals surface area (Å²) in [6.45, 7) is 0. The first-order valence-corrected chi connectivity index (χ1v) is 19.0. The zero-order valence-corrected chi connectivity index (χ0v) is 31.3. The minimum Gasteiger partial charge on any atom is -0.477 e. The molecule has 5 heteroatoms. The van der Waals surface area contributed by atoms with Gasteiger partial charge in [-0.05, 0) is 121 Å². The molecule has 0 aliphatic carbocycles. The number of carboxylic acids is 1. The van der Waals surface area contributed by atoms with Crippen LogP contribution in [0.15, 0.2) is 207 Å². The van der Waals surface area contributed by atoms with E-state index in [0.717, 1.165) is 89.1 Å². The van der Waals surface area contributed by atoms with E-state index in [1.54, 1.807) is 24.4 Å². The number of halogens is 1. The third-order valence-corrected chi connectivity index (χ3v) is 10.4. The van der Waals surface area contributed by atoms with Crippen molar-refractivity contribution in [1.82, 2.24) is 9.97 Å². The molecule has 276 valence electrons. The minimum absolute atomic E-state index is 0.00195.